The van der Waals surface area contributed by atoms with Crippen LogP contribution in [0.4, 0.5) is 0 Å². The summed E-state index contributed by atoms with van der Waals surface area (Å²) in [4.78, 5) is 1.40. The lowest BCUT2D eigenvalue weighted by Crippen LogP contribution is -2.33. The fraction of sp³-hybridized carbons (Fsp3) is 0.714. The van der Waals surface area contributed by atoms with Crippen molar-refractivity contribution in [2.24, 2.45) is 11.3 Å². The van der Waals surface area contributed by atoms with Gasteiger partial charge in [0.2, 0.25) is 0 Å². The van der Waals surface area contributed by atoms with Gasteiger partial charge >= 0.3 is 0 Å². The first kappa shape index (κ1) is 13.4. The van der Waals surface area contributed by atoms with Gasteiger partial charge in [-0.05, 0) is 42.9 Å². The highest BCUT2D eigenvalue weighted by molar-refractivity contribution is 7.16. The lowest BCUT2D eigenvalue weighted by Gasteiger charge is -2.34. The van der Waals surface area contributed by atoms with E-state index in [1.54, 1.807) is 11.3 Å². The van der Waals surface area contributed by atoms with Gasteiger partial charge in [0.05, 0.1) is 4.34 Å². The van der Waals surface area contributed by atoms with E-state index in [1.807, 2.05) is 6.07 Å². The Labute approximate surface area is 114 Å². The van der Waals surface area contributed by atoms with Crippen LogP contribution in [0.25, 0.3) is 0 Å². The molecule has 0 saturated heterocycles. The van der Waals surface area contributed by atoms with Crippen molar-refractivity contribution in [3.63, 3.8) is 0 Å². The number of hydrogen-bond donors (Lipinski definition) is 1. The van der Waals surface area contributed by atoms with Gasteiger partial charge in [-0.1, -0.05) is 38.8 Å². The van der Waals surface area contributed by atoms with Gasteiger partial charge in [0.25, 0.3) is 0 Å². The number of rotatable bonds is 4. The van der Waals surface area contributed by atoms with Crippen molar-refractivity contribution in [3.8, 4) is 0 Å². The van der Waals surface area contributed by atoms with Crippen molar-refractivity contribution < 1.29 is 0 Å². The minimum absolute atomic E-state index is 0.448. The van der Waals surface area contributed by atoms with Crippen molar-refractivity contribution >= 4 is 22.9 Å². The molecular formula is C14H22ClNS. The van der Waals surface area contributed by atoms with E-state index in [-0.39, 0.29) is 0 Å². The molecule has 17 heavy (non-hydrogen) atoms. The molecule has 1 aliphatic rings. The normalized spacial score (nSPS) is 25.1. The van der Waals surface area contributed by atoms with E-state index >= 15 is 0 Å². The van der Waals surface area contributed by atoms with Gasteiger partial charge < -0.3 is 5.32 Å². The zero-order valence-corrected chi connectivity index (χ0v) is 12.5. The SMILES string of the molecule is CCNC(c1ccc(Cl)s1)C1CCCC1(C)C. The van der Waals surface area contributed by atoms with Crippen LogP contribution in [0.15, 0.2) is 12.1 Å². The van der Waals surface area contributed by atoms with E-state index in [0.29, 0.717) is 11.5 Å². The fourth-order valence-corrected chi connectivity index (χ4v) is 4.33. The van der Waals surface area contributed by atoms with E-state index < -0.39 is 0 Å². The summed E-state index contributed by atoms with van der Waals surface area (Å²) in [5, 5.41) is 3.66. The molecule has 1 nitrogen and oxygen atoms in total. The van der Waals surface area contributed by atoms with Crippen molar-refractivity contribution in [3.05, 3.63) is 21.3 Å². The predicted octanol–water partition coefficient (Wildman–Crippen LogP) is 4.88. The number of hydrogen-bond acceptors (Lipinski definition) is 2. The van der Waals surface area contributed by atoms with Gasteiger partial charge in [-0.3, -0.25) is 0 Å². The van der Waals surface area contributed by atoms with Gasteiger partial charge in [-0.15, -0.1) is 11.3 Å². The molecule has 1 aromatic rings. The monoisotopic (exact) mass is 271 g/mol. The summed E-state index contributed by atoms with van der Waals surface area (Å²) in [5.74, 6) is 0.733. The molecule has 0 amide bonds. The highest BCUT2D eigenvalue weighted by atomic mass is 35.5. The van der Waals surface area contributed by atoms with Gasteiger partial charge in [0, 0.05) is 10.9 Å². The van der Waals surface area contributed by atoms with Crippen molar-refractivity contribution in [2.75, 3.05) is 6.54 Å². The quantitative estimate of drug-likeness (QED) is 0.823. The molecule has 0 aromatic carbocycles. The molecule has 0 spiro atoms. The van der Waals surface area contributed by atoms with Crippen molar-refractivity contribution in [2.45, 2.75) is 46.1 Å². The third-order valence-electron chi connectivity index (χ3n) is 4.07. The van der Waals surface area contributed by atoms with Crippen LogP contribution in [0.3, 0.4) is 0 Å². The molecule has 1 aliphatic carbocycles. The highest BCUT2D eigenvalue weighted by Crippen LogP contribution is 2.49. The maximum atomic E-state index is 6.07. The Bertz CT molecular complexity index is 372. The Kier molecular flexibility index (Phi) is 4.17. The molecule has 1 heterocycles. The molecule has 3 heteroatoms. The topological polar surface area (TPSA) is 12.0 Å². The van der Waals surface area contributed by atoms with Crippen LogP contribution in [0.2, 0.25) is 4.34 Å². The molecule has 1 fully saturated rings. The summed E-state index contributed by atoms with van der Waals surface area (Å²) in [7, 11) is 0. The van der Waals surface area contributed by atoms with Crippen molar-refractivity contribution in [1.29, 1.82) is 0 Å². The lowest BCUT2D eigenvalue weighted by molar-refractivity contribution is 0.201. The summed E-state index contributed by atoms with van der Waals surface area (Å²) in [6.45, 7) is 8.02. The van der Waals surface area contributed by atoms with Gasteiger partial charge in [0.1, 0.15) is 0 Å². The van der Waals surface area contributed by atoms with Crippen LogP contribution in [0, 0.1) is 11.3 Å². The minimum atomic E-state index is 0.448. The van der Waals surface area contributed by atoms with Crippen LogP contribution in [-0.4, -0.2) is 6.54 Å². The molecule has 0 aliphatic heterocycles. The van der Waals surface area contributed by atoms with Crippen LogP contribution in [0.5, 0.6) is 0 Å². The maximum absolute atomic E-state index is 6.07. The lowest BCUT2D eigenvalue weighted by atomic mass is 9.77. The summed E-state index contributed by atoms with van der Waals surface area (Å²) in [6.07, 6.45) is 4.04. The van der Waals surface area contributed by atoms with Gasteiger partial charge in [-0.2, -0.15) is 0 Å². The largest absolute Gasteiger partial charge is 0.309 e. The molecule has 1 N–H and O–H groups in total. The predicted molar refractivity (Wildman–Crippen MR) is 76.9 cm³/mol. The zero-order chi connectivity index (χ0) is 12.5. The van der Waals surface area contributed by atoms with Gasteiger partial charge in [0.15, 0.2) is 0 Å². The molecular weight excluding hydrogens is 250 g/mol. The molecule has 1 saturated carbocycles. The first-order valence-corrected chi connectivity index (χ1v) is 7.72. The Morgan fingerprint density at radius 3 is 2.76 bits per heavy atom. The fourth-order valence-electron chi connectivity index (χ4n) is 3.13. The standard InChI is InChI=1S/C14H22ClNS/c1-4-16-13(11-7-8-12(15)17-11)10-6-5-9-14(10,2)3/h7-8,10,13,16H,4-6,9H2,1-3H3. The third kappa shape index (κ3) is 2.86. The summed E-state index contributed by atoms with van der Waals surface area (Å²) < 4.78 is 0.902. The second-order valence-electron chi connectivity index (χ2n) is 5.66. The summed E-state index contributed by atoms with van der Waals surface area (Å²) in [6, 6.07) is 4.69. The van der Waals surface area contributed by atoms with Crippen LogP contribution < -0.4 is 5.32 Å². The molecule has 2 unspecified atom stereocenters. The summed E-state index contributed by atoms with van der Waals surface area (Å²) in [5.41, 5.74) is 0.448. The third-order valence-corrected chi connectivity index (χ3v) is 5.38. The first-order valence-electron chi connectivity index (χ1n) is 6.53. The van der Waals surface area contributed by atoms with Crippen LogP contribution in [-0.2, 0) is 0 Å². The minimum Gasteiger partial charge on any atom is -0.309 e. The Morgan fingerprint density at radius 2 is 2.29 bits per heavy atom. The molecule has 1 aromatic heterocycles. The van der Waals surface area contributed by atoms with E-state index in [0.717, 1.165) is 16.8 Å². The Hall–Kier alpha value is -0.0500. The molecule has 96 valence electrons. The van der Waals surface area contributed by atoms with Gasteiger partial charge in [-0.25, -0.2) is 0 Å². The number of halogens is 1. The van der Waals surface area contributed by atoms with E-state index in [9.17, 15) is 0 Å². The van der Waals surface area contributed by atoms with E-state index in [2.05, 4.69) is 32.2 Å². The second kappa shape index (κ2) is 5.29. The first-order chi connectivity index (χ1) is 8.04. The highest BCUT2D eigenvalue weighted by Gasteiger charge is 2.40. The smallest absolute Gasteiger partial charge is 0.0931 e. The second-order valence-corrected chi connectivity index (χ2v) is 7.41. The molecule has 0 bridgehead atoms. The average Bonchev–Trinajstić information content (AvgIpc) is 2.81. The van der Waals surface area contributed by atoms with Crippen LogP contribution in [0.1, 0.15) is 51.0 Å². The molecule has 2 atom stereocenters. The Balaban J connectivity index is 2.23. The number of thiophene rings is 1. The average molecular weight is 272 g/mol. The maximum Gasteiger partial charge on any atom is 0.0931 e. The molecule has 0 radical (unpaired) electrons. The molecule has 2 rings (SSSR count). The zero-order valence-electron chi connectivity index (χ0n) is 10.9. The van der Waals surface area contributed by atoms with Crippen molar-refractivity contribution in [1.82, 2.24) is 5.32 Å². The number of nitrogens with one attached hydrogen (secondary N) is 1. The Morgan fingerprint density at radius 1 is 1.53 bits per heavy atom. The van der Waals surface area contributed by atoms with Crippen LogP contribution >= 0.6 is 22.9 Å². The van der Waals surface area contributed by atoms with E-state index in [4.69, 9.17) is 11.6 Å². The summed E-state index contributed by atoms with van der Waals surface area (Å²) >= 11 is 7.80. The van der Waals surface area contributed by atoms with E-state index in [1.165, 1.54) is 24.1 Å².